The highest BCUT2D eigenvalue weighted by Gasteiger charge is 2.22. The van der Waals surface area contributed by atoms with Gasteiger partial charge in [0.2, 0.25) is 0 Å². The normalized spacial score (nSPS) is 20.9. The van der Waals surface area contributed by atoms with E-state index >= 15 is 0 Å². The molecule has 1 heterocycles. The molecule has 0 spiro atoms. The van der Waals surface area contributed by atoms with Crippen molar-refractivity contribution in [2.75, 3.05) is 26.2 Å². The molecule has 1 aromatic carbocycles. The van der Waals surface area contributed by atoms with E-state index in [1.807, 2.05) is 12.1 Å². The van der Waals surface area contributed by atoms with Crippen LogP contribution in [-0.2, 0) is 0 Å². The van der Waals surface area contributed by atoms with Crippen LogP contribution in [0.3, 0.4) is 0 Å². The second kappa shape index (κ2) is 8.49. The number of aliphatic hydroxyl groups is 1. The van der Waals surface area contributed by atoms with Crippen molar-refractivity contribution < 1.29 is 5.11 Å². The number of rotatable bonds is 7. The largest absolute Gasteiger partial charge is 0.392 e. The molecule has 3 nitrogen and oxygen atoms in total. The lowest BCUT2D eigenvalue weighted by Gasteiger charge is -2.23. The van der Waals surface area contributed by atoms with Gasteiger partial charge in [-0.15, -0.1) is 0 Å². The summed E-state index contributed by atoms with van der Waals surface area (Å²) in [5, 5.41) is 14.0. The third-order valence-corrected chi connectivity index (χ3v) is 4.78. The number of aliphatic hydroxyl groups excluding tert-OH is 1. The number of hydrogen-bond donors (Lipinski definition) is 2. The fourth-order valence-corrected chi connectivity index (χ4v) is 3.60. The first kappa shape index (κ1) is 17.2. The van der Waals surface area contributed by atoms with Crippen LogP contribution < -0.4 is 5.32 Å². The summed E-state index contributed by atoms with van der Waals surface area (Å²) in [5.41, 5.74) is 1.16. The van der Waals surface area contributed by atoms with Gasteiger partial charge in [0.05, 0.1) is 6.10 Å². The Kier molecular flexibility index (Phi) is 6.96. The van der Waals surface area contributed by atoms with Gasteiger partial charge in [-0.2, -0.15) is 0 Å². The van der Waals surface area contributed by atoms with E-state index in [-0.39, 0.29) is 12.1 Å². The molecule has 1 fully saturated rings. The van der Waals surface area contributed by atoms with Gasteiger partial charge in [0.15, 0.2) is 0 Å². The van der Waals surface area contributed by atoms with Crippen LogP contribution in [0, 0.1) is 0 Å². The summed E-state index contributed by atoms with van der Waals surface area (Å²) in [7, 11) is 0. The van der Waals surface area contributed by atoms with E-state index < -0.39 is 0 Å². The van der Waals surface area contributed by atoms with Gasteiger partial charge in [-0.3, -0.25) is 0 Å². The van der Waals surface area contributed by atoms with Crippen LogP contribution in [0.2, 0.25) is 5.02 Å². The average molecular weight is 376 g/mol. The molecule has 2 atom stereocenters. The minimum Gasteiger partial charge on any atom is -0.392 e. The van der Waals surface area contributed by atoms with Crippen molar-refractivity contribution in [3.63, 3.8) is 0 Å². The lowest BCUT2D eigenvalue weighted by atomic mass is 10.0. The van der Waals surface area contributed by atoms with Gasteiger partial charge in [-0.1, -0.05) is 40.5 Å². The summed E-state index contributed by atoms with van der Waals surface area (Å²) in [6.07, 6.45) is 2.86. The summed E-state index contributed by atoms with van der Waals surface area (Å²) >= 11 is 9.85. The monoisotopic (exact) mass is 374 g/mol. The molecule has 1 saturated heterocycles. The van der Waals surface area contributed by atoms with Crippen molar-refractivity contribution in [3.8, 4) is 0 Å². The average Bonchev–Trinajstić information content (AvgIpc) is 2.86. The van der Waals surface area contributed by atoms with Crippen LogP contribution >= 0.6 is 27.5 Å². The Morgan fingerprint density at radius 3 is 2.95 bits per heavy atom. The van der Waals surface area contributed by atoms with Gasteiger partial charge >= 0.3 is 0 Å². The number of halogens is 2. The minimum atomic E-state index is -0.150. The maximum absolute atomic E-state index is 9.61. The number of likely N-dealkylation sites (tertiary alicyclic amines) is 1. The molecule has 21 heavy (non-hydrogen) atoms. The summed E-state index contributed by atoms with van der Waals surface area (Å²) < 4.78 is 1.01. The van der Waals surface area contributed by atoms with E-state index in [2.05, 4.69) is 39.1 Å². The first-order valence-electron chi connectivity index (χ1n) is 7.69. The Hall–Kier alpha value is -0.130. The highest BCUT2D eigenvalue weighted by molar-refractivity contribution is 9.10. The topological polar surface area (TPSA) is 35.5 Å². The second-order valence-corrected chi connectivity index (χ2v) is 7.03. The molecule has 1 aliphatic heterocycles. The quantitative estimate of drug-likeness (QED) is 0.764. The van der Waals surface area contributed by atoms with Crippen molar-refractivity contribution in [3.05, 3.63) is 33.3 Å². The second-order valence-electron chi connectivity index (χ2n) is 5.70. The first-order valence-corrected chi connectivity index (χ1v) is 8.86. The van der Waals surface area contributed by atoms with Gasteiger partial charge in [0.1, 0.15) is 0 Å². The molecule has 0 bridgehead atoms. The summed E-state index contributed by atoms with van der Waals surface area (Å²) in [6, 6.07) is 6.36. The number of nitrogens with one attached hydrogen (secondary N) is 1. The van der Waals surface area contributed by atoms with Crippen LogP contribution in [0.15, 0.2) is 22.7 Å². The Morgan fingerprint density at radius 2 is 2.33 bits per heavy atom. The molecule has 0 radical (unpaired) electrons. The van der Waals surface area contributed by atoms with Crippen molar-refractivity contribution in [2.24, 2.45) is 0 Å². The number of hydrogen-bond acceptors (Lipinski definition) is 3. The van der Waals surface area contributed by atoms with E-state index in [9.17, 15) is 5.11 Å². The molecular formula is C16H24BrClN2O. The third kappa shape index (κ3) is 5.22. The molecule has 5 heteroatoms. The zero-order chi connectivity index (χ0) is 15.2. The molecule has 2 rings (SSSR count). The van der Waals surface area contributed by atoms with Crippen LogP contribution in [0.1, 0.15) is 37.8 Å². The van der Waals surface area contributed by atoms with Gasteiger partial charge in [0.25, 0.3) is 0 Å². The van der Waals surface area contributed by atoms with Crippen LogP contribution in [0.25, 0.3) is 0 Å². The summed E-state index contributed by atoms with van der Waals surface area (Å²) in [5.74, 6) is 0. The van der Waals surface area contributed by atoms with E-state index in [1.165, 1.54) is 0 Å². The Labute approximate surface area is 140 Å². The molecule has 2 unspecified atom stereocenters. The molecule has 0 aromatic heterocycles. The van der Waals surface area contributed by atoms with E-state index in [1.54, 1.807) is 0 Å². The van der Waals surface area contributed by atoms with E-state index in [0.29, 0.717) is 0 Å². The van der Waals surface area contributed by atoms with Gasteiger partial charge in [-0.25, -0.2) is 0 Å². The van der Waals surface area contributed by atoms with Crippen molar-refractivity contribution in [1.82, 2.24) is 10.2 Å². The lowest BCUT2D eigenvalue weighted by molar-refractivity contribution is 0.174. The zero-order valence-electron chi connectivity index (χ0n) is 12.5. The van der Waals surface area contributed by atoms with Crippen molar-refractivity contribution in [2.45, 2.75) is 38.3 Å². The molecule has 0 aliphatic carbocycles. The summed E-state index contributed by atoms with van der Waals surface area (Å²) in [4.78, 5) is 2.33. The zero-order valence-corrected chi connectivity index (χ0v) is 14.8. The van der Waals surface area contributed by atoms with Crippen LogP contribution in [-0.4, -0.2) is 42.3 Å². The first-order chi connectivity index (χ1) is 10.1. The van der Waals surface area contributed by atoms with E-state index in [0.717, 1.165) is 60.5 Å². The van der Waals surface area contributed by atoms with Crippen LogP contribution in [0.4, 0.5) is 0 Å². The lowest BCUT2D eigenvalue weighted by Crippen LogP contribution is -2.29. The predicted molar refractivity (Wildman–Crippen MR) is 91.9 cm³/mol. The maximum atomic E-state index is 9.61. The number of benzene rings is 1. The molecule has 0 amide bonds. The van der Waals surface area contributed by atoms with Gasteiger partial charge in [-0.05, 0) is 43.5 Å². The number of β-amino-alcohol motifs (C(OH)–C–C–N with tert-alkyl or cyclic N) is 1. The Morgan fingerprint density at radius 1 is 1.52 bits per heavy atom. The van der Waals surface area contributed by atoms with Crippen molar-refractivity contribution in [1.29, 1.82) is 0 Å². The molecular weight excluding hydrogens is 352 g/mol. The van der Waals surface area contributed by atoms with Gasteiger partial charge in [0, 0.05) is 35.2 Å². The molecule has 0 saturated carbocycles. The molecule has 2 N–H and O–H groups in total. The molecule has 1 aromatic rings. The third-order valence-electron chi connectivity index (χ3n) is 3.96. The predicted octanol–water partition coefficient (Wildman–Crippen LogP) is 3.60. The summed E-state index contributed by atoms with van der Waals surface area (Å²) in [6.45, 7) is 5.94. The fourth-order valence-electron chi connectivity index (χ4n) is 2.80. The smallest absolute Gasteiger partial charge is 0.0679 e. The maximum Gasteiger partial charge on any atom is 0.0679 e. The minimum absolute atomic E-state index is 0.150. The Bertz CT molecular complexity index is 458. The standard InChI is InChI=1S/C16H24BrClN2O/c1-2-7-19-16(6-9-20-8-5-13(21)11-20)14-4-3-12(17)10-15(14)18/h3-4,10,13,16,19,21H,2,5-9,11H2,1H3. The SMILES string of the molecule is CCCNC(CCN1CCC(O)C1)c1ccc(Br)cc1Cl. The molecule has 118 valence electrons. The van der Waals surface area contributed by atoms with Crippen molar-refractivity contribution >= 4 is 27.5 Å². The molecule has 1 aliphatic rings. The fraction of sp³-hybridized carbons (Fsp3) is 0.625. The van der Waals surface area contributed by atoms with E-state index in [4.69, 9.17) is 11.6 Å². The Balaban J connectivity index is 1.99. The highest BCUT2D eigenvalue weighted by Crippen LogP contribution is 2.28. The van der Waals surface area contributed by atoms with Crippen LogP contribution in [0.5, 0.6) is 0 Å². The number of nitrogens with zero attached hydrogens (tertiary/aromatic N) is 1. The van der Waals surface area contributed by atoms with Gasteiger partial charge < -0.3 is 15.3 Å². The highest BCUT2D eigenvalue weighted by atomic mass is 79.9.